The fourth-order valence-corrected chi connectivity index (χ4v) is 4.15. The predicted molar refractivity (Wildman–Crippen MR) is 153 cm³/mol. The molecule has 3 aromatic rings. The highest BCUT2D eigenvalue weighted by atomic mass is 19.4. The van der Waals surface area contributed by atoms with Crippen LogP contribution in [0.5, 0.6) is 0 Å². The van der Waals surface area contributed by atoms with Gasteiger partial charge in [-0.1, -0.05) is 20.4 Å². The molecule has 1 aliphatic heterocycles. The average molecular weight is 592 g/mol. The van der Waals surface area contributed by atoms with Gasteiger partial charge >= 0.3 is 12.4 Å². The van der Waals surface area contributed by atoms with Gasteiger partial charge in [0.1, 0.15) is 5.69 Å². The number of allylic oxidation sites excluding steroid dienone is 3. The Balaban J connectivity index is 0.000000230. The van der Waals surface area contributed by atoms with Gasteiger partial charge in [-0.25, -0.2) is 0 Å². The zero-order valence-corrected chi connectivity index (χ0v) is 23.7. The van der Waals surface area contributed by atoms with E-state index in [2.05, 4.69) is 11.6 Å². The standard InChI is InChI=1S/C16H17F3N2.C14H14F3N3O/c1-10(2)12-5-7-20-14(9-12)15-11(3)21(4)8-6-13(15)16(17,18)19;1-19-8-7-11(14(15,16)17)12(13(19)21)20(2)10-5-3-9(18)4-6-10/h5-10H,3H2,1-2,4H3;3-8H,18H2,1-2H3. The van der Waals surface area contributed by atoms with E-state index in [-0.39, 0.29) is 11.5 Å². The molecule has 0 saturated carbocycles. The first-order valence-corrected chi connectivity index (χ1v) is 12.7. The molecule has 0 atom stereocenters. The first-order chi connectivity index (χ1) is 19.4. The van der Waals surface area contributed by atoms with Crippen LogP contribution in [0, 0.1) is 0 Å². The third-order valence-electron chi connectivity index (χ3n) is 6.62. The summed E-state index contributed by atoms with van der Waals surface area (Å²) >= 11 is 0. The van der Waals surface area contributed by atoms with Crippen LogP contribution in [0.3, 0.4) is 0 Å². The van der Waals surface area contributed by atoms with Crippen LogP contribution in [0.4, 0.5) is 43.4 Å². The van der Waals surface area contributed by atoms with Crippen LogP contribution in [0.25, 0.3) is 5.57 Å². The second-order valence-electron chi connectivity index (χ2n) is 9.93. The number of pyridine rings is 2. The molecule has 0 aliphatic carbocycles. The molecule has 2 aromatic heterocycles. The van der Waals surface area contributed by atoms with Crippen molar-refractivity contribution in [2.75, 3.05) is 24.7 Å². The van der Waals surface area contributed by atoms with Crippen LogP contribution in [0.1, 0.15) is 36.6 Å². The minimum atomic E-state index is -4.61. The van der Waals surface area contributed by atoms with Gasteiger partial charge < -0.3 is 20.1 Å². The number of nitrogens with zero attached hydrogens (tertiary/aromatic N) is 4. The van der Waals surface area contributed by atoms with Crippen LogP contribution in [-0.4, -0.2) is 34.7 Å². The lowest BCUT2D eigenvalue weighted by Crippen LogP contribution is -2.29. The number of aromatic nitrogens is 2. The van der Waals surface area contributed by atoms with Gasteiger partial charge in [0, 0.05) is 62.4 Å². The molecule has 0 fully saturated rings. The van der Waals surface area contributed by atoms with E-state index in [0.29, 0.717) is 22.8 Å². The summed E-state index contributed by atoms with van der Waals surface area (Å²) in [6.07, 6.45) is -3.98. The third kappa shape index (κ3) is 7.04. The van der Waals surface area contributed by atoms with E-state index in [1.54, 1.807) is 42.3 Å². The lowest BCUT2D eigenvalue weighted by Gasteiger charge is -2.27. The van der Waals surface area contributed by atoms with Crippen molar-refractivity contribution < 1.29 is 26.3 Å². The van der Waals surface area contributed by atoms with Crippen LogP contribution >= 0.6 is 0 Å². The fraction of sp³-hybridized carbons (Fsp3) is 0.267. The highest BCUT2D eigenvalue weighted by Gasteiger charge is 2.38. The number of hydrogen-bond acceptors (Lipinski definition) is 5. The third-order valence-corrected chi connectivity index (χ3v) is 6.62. The Hall–Kier alpha value is -4.48. The van der Waals surface area contributed by atoms with Crippen LogP contribution < -0.4 is 16.2 Å². The highest BCUT2D eigenvalue weighted by molar-refractivity contribution is 5.82. The molecule has 224 valence electrons. The molecule has 42 heavy (non-hydrogen) atoms. The number of nitrogen functional groups attached to an aromatic ring is 1. The van der Waals surface area contributed by atoms with E-state index in [1.165, 1.54) is 31.4 Å². The van der Waals surface area contributed by atoms with E-state index in [9.17, 15) is 31.1 Å². The first-order valence-electron chi connectivity index (χ1n) is 12.7. The minimum Gasteiger partial charge on any atom is -0.399 e. The number of alkyl halides is 6. The van der Waals surface area contributed by atoms with Crippen molar-refractivity contribution in [3.8, 4) is 0 Å². The molecule has 3 heterocycles. The SMILES string of the molecule is C=C1C(c2cc(C(C)C)ccn2)=C(C(F)(F)F)C=CN1C.CN(c1ccc(N)cc1)c1c(C(F)(F)F)ccn(C)c1=O. The lowest BCUT2D eigenvalue weighted by atomic mass is 9.95. The van der Waals surface area contributed by atoms with Gasteiger partial charge in [0.25, 0.3) is 5.56 Å². The van der Waals surface area contributed by atoms with Crippen molar-refractivity contribution in [1.29, 1.82) is 0 Å². The van der Waals surface area contributed by atoms with Crippen molar-refractivity contribution in [3.05, 3.63) is 112 Å². The number of hydrogen-bond donors (Lipinski definition) is 1. The summed E-state index contributed by atoms with van der Waals surface area (Å²) in [5.41, 5.74) is 5.24. The van der Waals surface area contributed by atoms with Gasteiger partial charge in [-0.2, -0.15) is 26.3 Å². The molecule has 0 radical (unpaired) electrons. The molecule has 0 spiro atoms. The van der Waals surface area contributed by atoms with Crippen LogP contribution in [0.15, 0.2) is 89.8 Å². The Bertz CT molecular complexity index is 1570. The molecule has 1 aromatic carbocycles. The van der Waals surface area contributed by atoms with Crippen molar-refractivity contribution in [3.63, 3.8) is 0 Å². The Morgan fingerprint density at radius 1 is 0.976 bits per heavy atom. The summed E-state index contributed by atoms with van der Waals surface area (Å²) in [5.74, 6) is 0.215. The van der Waals surface area contributed by atoms with Crippen molar-refractivity contribution in [2.45, 2.75) is 32.1 Å². The molecule has 6 nitrogen and oxygen atoms in total. The predicted octanol–water partition coefficient (Wildman–Crippen LogP) is 7.25. The summed E-state index contributed by atoms with van der Waals surface area (Å²) < 4.78 is 80.1. The zero-order chi connectivity index (χ0) is 31.6. The molecule has 0 bridgehead atoms. The van der Waals surface area contributed by atoms with Crippen LogP contribution in [0.2, 0.25) is 0 Å². The Labute approximate surface area is 239 Å². The second kappa shape index (κ2) is 12.2. The number of anilines is 3. The molecule has 0 unspecified atom stereocenters. The normalized spacial score (nSPS) is 13.8. The van der Waals surface area contributed by atoms with Gasteiger partial charge in [0.05, 0.1) is 16.8 Å². The lowest BCUT2D eigenvalue weighted by molar-refractivity contribution is -0.137. The van der Waals surface area contributed by atoms with E-state index in [4.69, 9.17) is 5.73 Å². The molecule has 2 N–H and O–H groups in total. The maximum absolute atomic E-state index is 13.2. The number of likely N-dealkylation sites (N-methyl/N-ethyl adjacent to an activating group) is 1. The summed E-state index contributed by atoms with van der Waals surface area (Å²) in [6, 6.07) is 10.6. The molecule has 4 rings (SSSR count). The quantitative estimate of drug-likeness (QED) is 0.256. The van der Waals surface area contributed by atoms with Crippen LogP contribution in [-0.2, 0) is 13.2 Å². The summed E-state index contributed by atoms with van der Waals surface area (Å²) in [6.45, 7) is 7.74. The van der Waals surface area contributed by atoms with Crippen molar-refractivity contribution in [1.82, 2.24) is 14.5 Å². The molecule has 0 saturated heterocycles. The number of nitrogens with two attached hydrogens (primary N) is 1. The monoisotopic (exact) mass is 591 g/mol. The van der Waals surface area contributed by atoms with Crippen molar-refractivity contribution >= 4 is 22.6 Å². The van der Waals surface area contributed by atoms with Gasteiger partial charge in [-0.15, -0.1) is 0 Å². The molecular formula is C30H31F6N5O. The smallest absolute Gasteiger partial charge is 0.399 e. The number of aryl methyl sites for hydroxylation is 1. The number of rotatable bonds is 4. The largest absolute Gasteiger partial charge is 0.418 e. The maximum Gasteiger partial charge on any atom is 0.418 e. The Morgan fingerprint density at radius 3 is 2.14 bits per heavy atom. The molecule has 1 aliphatic rings. The molecular weight excluding hydrogens is 560 g/mol. The maximum atomic E-state index is 13.2. The van der Waals surface area contributed by atoms with E-state index in [0.717, 1.165) is 28.5 Å². The zero-order valence-electron chi connectivity index (χ0n) is 23.7. The fourth-order valence-electron chi connectivity index (χ4n) is 4.15. The van der Waals surface area contributed by atoms with E-state index < -0.39 is 34.7 Å². The van der Waals surface area contributed by atoms with Gasteiger partial charge in [-0.05, 0) is 60.0 Å². The summed E-state index contributed by atoms with van der Waals surface area (Å²) in [5, 5.41) is 0. The summed E-state index contributed by atoms with van der Waals surface area (Å²) in [7, 11) is 4.48. The summed E-state index contributed by atoms with van der Waals surface area (Å²) in [4.78, 5) is 19.0. The van der Waals surface area contributed by atoms with Gasteiger partial charge in [-0.3, -0.25) is 9.78 Å². The van der Waals surface area contributed by atoms with Gasteiger partial charge in [0.15, 0.2) is 0 Å². The first kappa shape index (κ1) is 32.0. The Morgan fingerprint density at radius 2 is 1.60 bits per heavy atom. The highest BCUT2D eigenvalue weighted by Crippen LogP contribution is 2.40. The van der Waals surface area contributed by atoms with E-state index >= 15 is 0 Å². The molecule has 0 amide bonds. The topological polar surface area (TPSA) is 67.4 Å². The Kier molecular flexibility index (Phi) is 9.29. The molecule has 12 heteroatoms. The number of halogens is 6. The number of benzene rings is 1. The van der Waals surface area contributed by atoms with Crippen molar-refractivity contribution in [2.24, 2.45) is 7.05 Å². The second-order valence-corrected chi connectivity index (χ2v) is 9.93. The minimum absolute atomic E-state index is 0.0370. The van der Waals surface area contributed by atoms with E-state index in [1.807, 2.05) is 19.9 Å². The average Bonchev–Trinajstić information content (AvgIpc) is 2.90. The van der Waals surface area contributed by atoms with Gasteiger partial charge in [0.2, 0.25) is 0 Å².